The lowest BCUT2D eigenvalue weighted by atomic mass is 10.4. The zero-order valence-electron chi connectivity index (χ0n) is 9.59. The van der Waals surface area contributed by atoms with E-state index in [0.717, 1.165) is 29.6 Å². The first-order valence-electron chi connectivity index (χ1n) is 5.34. The van der Waals surface area contributed by atoms with E-state index >= 15 is 0 Å². The highest BCUT2D eigenvalue weighted by Crippen LogP contribution is 2.21. The number of thiol groups is 1. The number of nitrogens with one attached hydrogen (secondary N) is 2. The van der Waals surface area contributed by atoms with Gasteiger partial charge in [-0.25, -0.2) is 9.97 Å². The molecule has 0 fully saturated rings. The molecule has 0 atom stereocenters. The van der Waals surface area contributed by atoms with Gasteiger partial charge in [-0.15, -0.1) is 0 Å². The molecule has 0 bridgehead atoms. The lowest BCUT2D eigenvalue weighted by Crippen LogP contribution is -2.12. The summed E-state index contributed by atoms with van der Waals surface area (Å²) in [5.74, 6) is 2.43. The molecule has 0 unspecified atom stereocenters. The summed E-state index contributed by atoms with van der Waals surface area (Å²) < 4.78 is 0. The highest BCUT2D eigenvalue weighted by molar-refractivity contribution is 7.80. The summed E-state index contributed by atoms with van der Waals surface area (Å²) in [5.41, 5.74) is 1.06. The van der Waals surface area contributed by atoms with Crippen LogP contribution in [0.4, 0.5) is 17.3 Å². The Kier molecular flexibility index (Phi) is 3.87. The molecular weight excluding hydrogens is 234 g/mol. The molecule has 0 radical (unpaired) electrons. The number of anilines is 3. The molecule has 0 saturated heterocycles. The zero-order chi connectivity index (χ0) is 12.1. The van der Waals surface area contributed by atoms with Crippen LogP contribution in [0.15, 0.2) is 30.9 Å². The van der Waals surface area contributed by atoms with Crippen molar-refractivity contribution in [3.05, 3.63) is 30.9 Å². The van der Waals surface area contributed by atoms with Gasteiger partial charge in [-0.05, 0) is 6.07 Å². The Bertz CT molecular complexity index is 457. The summed E-state index contributed by atoms with van der Waals surface area (Å²) in [5, 5.41) is 3.17. The average molecular weight is 249 g/mol. The fraction of sp³-hybridized carbons (Fsp3) is 0.273. The third kappa shape index (κ3) is 2.91. The minimum atomic E-state index is 0.771. The van der Waals surface area contributed by atoms with Crippen LogP contribution < -0.4 is 10.2 Å². The highest BCUT2D eigenvalue weighted by atomic mass is 32.1. The molecule has 2 rings (SSSR count). The molecule has 17 heavy (non-hydrogen) atoms. The van der Waals surface area contributed by atoms with Crippen molar-refractivity contribution in [3.63, 3.8) is 0 Å². The van der Waals surface area contributed by atoms with Crippen molar-refractivity contribution < 1.29 is 0 Å². The second-order valence-corrected chi connectivity index (χ2v) is 3.99. The van der Waals surface area contributed by atoms with Crippen LogP contribution in [-0.2, 0) is 0 Å². The Morgan fingerprint density at radius 1 is 1.47 bits per heavy atom. The minimum Gasteiger partial charge on any atom is -0.369 e. The van der Waals surface area contributed by atoms with Gasteiger partial charge in [0.25, 0.3) is 0 Å². The maximum absolute atomic E-state index is 4.25. The van der Waals surface area contributed by atoms with Crippen LogP contribution in [0.5, 0.6) is 0 Å². The summed E-state index contributed by atoms with van der Waals surface area (Å²) in [7, 11) is 1.97. The normalized spacial score (nSPS) is 10.2. The third-order valence-corrected chi connectivity index (χ3v) is 2.61. The topological polar surface area (TPSA) is 56.8 Å². The molecule has 0 amide bonds. The monoisotopic (exact) mass is 249 g/mol. The second-order valence-electron chi connectivity index (χ2n) is 3.54. The number of aromatic amines is 1. The Balaban J connectivity index is 2.15. The lowest BCUT2D eigenvalue weighted by Gasteiger charge is -2.16. The van der Waals surface area contributed by atoms with Crippen LogP contribution in [0.2, 0.25) is 0 Å². The molecule has 5 nitrogen and oxygen atoms in total. The number of nitrogens with zero attached hydrogens (tertiary/aromatic N) is 3. The van der Waals surface area contributed by atoms with Crippen LogP contribution in [-0.4, -0.2) is 34.3 Å². The van der Waals surface area contributed by atoms with E-state index in [-0.39, 0.29) is 0 Å². The molecule has 2 aromatic rings. The van der Waals surface area contributed by atoms with E-state index in [1.165, 1.54) is 0 Å². The zero-order valence-corrected chi connectivity index (χ0v) is 10.5. The van der Waals surface area contributed by atoms with Crippen molar-refractivity contribution in [2.75, 3.05) is 29.6 Å². The first kappa shape index (κ1) is 11.8. The van der Waals surface area contributed by atoms with E-state index < -0.39 is 0 Å². The Labute approximate surface area is 106 Å². The quantitative estimate of drug-likeness (QED) is 0.709. The maximum atomic E-state index is 4.25. The van der Waals surface area contributed by atoms with Gasteiger partial charge in [0.1, 0.15) is 18.0 Å². The summed E-state index contributed by atoms with van der Waals surface area (Å²) >= 11 is 4.15. The molecule has 0 aliphatic carbocycles. The molecule has 0 spiro atoms. The number of hydrogen-bond acceptors (Lipinski definition) is 5. The van der Waals surface area contributed by atoms with Crippen molar-refractivity contribution in [2.45, 2.75) is 0 Å². The van der Waals surface area contributed by atoms with Crippen molar-refractivity contribution in [3.8, 4) is 0 Å². The van der Waals surface area contributed by atoms with Crippen molar-refractivity contribution in [1.29, 1.82) is 0 Å². The van der Waals surface area contributed by atoms with Gasteiger partial charge in [0.2, 0.25) is 0 Å². The van der Waals surface area contributed by atoms with Crippen molar-refractivity contribution in [2.24, 2.45) is 0 Å². The maximum Gasteiger partial charge on any atom is 0.138 e. The van der Waals surface area contributed by atoms with Gasteiger partial charge in [0, 0.05) is 37.8 Å². The lowest BCUT2D eigenvalue weighted by molar-refractivity contribution is 1.06. The highest BCUT2D eigenvalue weighted by Gasteiger charge is 2.06. The smallest absolute Gasteiger partial charge is 0.138 e. The molecule has 6 heteroatoms. The predicted octanol–water partition coefficient (Wildman–Crippen LogP) is 1.91. The fourth-order valence-electron chi connectivity index (χ4n) is 1.47. The average Bonchev–Trinajstić information content (AvgIpc) is 2.89. The second kappa shape index (κ2) is 5.58. The molecule has 2 N–H and O–H groups in total. The van der Waals surface area contributed by atoms with Gasteiger partial charge in [0.15, 0.2) is 0 Å². The number of rotatable bonds is 5. The first-order valence-corrected chi connectivity index (χ1v) is 5.98. The van der Waals surface area contributed by atoms with Crippen LogP contribution in [0.1, 0.15) is 0 Å². The molecule has 2 heterocycles. The minimum absolute atomic E-state index is 0.771. The summed E-state index contributed by atoms with van der Waals surface area (Å²) in [6.45, 7) is 0.785. The number of aromatic nitrogens is 3. The van der Waals surface area contributed by atoms with Gasteiger partial charge in [-0.3, -0.25) is 0 Å². The number of H-pyrrole nitrogens is 1. The van der Waals surface area contributed by atoms with Crippen LogP contribution in [0, 0.1) is 0 Å². The van der Waals surface area contributed by atoms with Gasteiger partial charge < -0.3 is 15.2 Å². The molecular formula is C11H15N5S. The van der Waals surface area contributed by atoms with Crippen LogP contribution in [0.3, 0.4) is 0 Å². The van der Waals surface area contributed by atoms with Gasteiger partial charge >= 0.3 is 0 Å². The molecule has 0 aromatic carbocycles. The van der Waals surface area contributed by atoms with Gasteiger partial charge in [-0.1, -0.05) is 0 Å². The van der Waals surface area contributed by atoms with Crippen LogP contribution in [0.25, 0.3) is 0 Å². The molecule has 0 saturated carbocycles. The fourth-order valence-corrected chi connectivity index (χ4v) is 1.58. The predicted molar refractivity (Wildman–Crippen MR) is 73.2 cm³/mol. The van der Waals surface area contributed by atoms with Crippen molar-refractivity contribution in [1.82, 2.24) is 15.0 Å². The van der Waals surface area contributed by atoms with Gasteiger partial charge in [-0.2, -0.15) is 12.6 Å². The van der Waals surface area contributed by atoms with E-state index in [1.807, 2.05) is 36.5 Å². The summed E-state index contributed by atoms with van der Waals surface area (Å²) in [6, 6.07) is 3.90. The van der Waals surface area contributed by atoms with E-state index in [0.29, 0.717) is 0 Å². The van der Waals surface area contributed by atoms with Crippen molar-refractivity contribution >= 4 is 30.0 Å². The summed E-state index contributed by atoms with van der Waals surface area (Å²) in [6.07, 6.45) is 5.36. The van der Waals surface area contributed by atoms with Crippen LogP contribution >= 0.6 is 12.6 Å². The van der Waals surface area contributed by atoms with E-state index in [4.69, 9.17) is 0 Å². The summed E-state index contributed by atoms with van der Waals surface area (Å²) in [4.78, 5) is 13.4. The third-order valence-electron chi connectivity index (χ3n) is 2.38. The Morgan fingerprint density at radius 3 is 3.06 bits per heavy atom. The largest absolute Gasteiger partial charge is 0.369 e. The molecule has 90 valence electrons. The molecule has 0 aliphatic heterocycles. The van der Waals surface area contributed by atoms with E-state index in [9.17, 15) is 0 Å². The number of hydrogen-bond donors (Lipinski definition) is 3. The Morgan fingerprint density at radius 2 is 2.35 bits per heavy atom. The standard InChI is InChI=1S/C11H15N5S/c1-16(9-2-3-12-7-9)11-6-10(13-4-5-17)14-8-15-11/h2-3,6-8,12,17H,4-5H2,1H3,(H,13,14,15). The van der Waals surface area contributed by atoms with E-state index in [2.05, 4.69) is 32.9 Å². The van der Waals surface area contributed by atoms with E-state index in [1.54, 1.807) is 6.33 Å². The first-order chi connectivity index (χ1) is 8.31. The SMILES string of the molecule is CN(c1cc[nH]c1)c1cc(NCCS)ncn1. The molecule has 2 aromatic heterocycles. The van der Waals surface area contributed by atoms with Gasteiger partial charge in [0.05, 0.1) is 5.69 Å². The Hall–Kier alpha value is -1.69. The molecule has 0 aliphatic rings.